The van der Waals surface area contributed by atoms with Gasteiger partial charge in [-0.3, -0.25) is 0 Å². The van der Waals surface area contributed by atoms with Gasteiger partial charge in [-0.05, 0) is 0 Å². The van der Waals surface area contributed by atoms with Crippen LogP contribution >= 0.6 is 0 Å². The summed E-state index contributed by atoms with van der Waals surface area (Å²) in [7, 11) is 0. The molecular weight excluding hydrogens is 148 g/mol. The summed E-state index contributed by atoms with van der Waals surface area (Å²) in [5, 5.41) is 0. The van der Waals surface area contributed by atoms with Crippen LogP contribution in [0.25, 0.3) is 0 Å². The summed E-state index contributed by atoms with van der Waals surface area (Å²) < 4.78 is 8.26. The van der Waals surface area contributed by atoms with E-state index in [4.69, 9.17) is 3.40 Å². The monoisotopic (exact) mass is 154 g/mol. The predicted molar refractivity (Wildman–Crippen MR) is 15.5 cm³/mol. The van der Waals surface area contributed by atoms with Crippen molar-refractivity contribution < 1.29 is 23.2 Å². The predicted octanol–water partition coefficient (Wildman–Crippen LogP) is 0.836. The van der Waals surface area contributed by atoms with Gasteiger partial charge in [0.05, 0.1) is 0 Å². The molecule has 0 aromatic rings. The van der Waals surface area contributed by atoms with Crippen LogP contribution in [0.15, 0.2) is 18.9 Å². The summed E-state index contributed by atoms with van der Waals surface area (Å²) in [5.74, 6) is 0. The van der Waals surface area contributed by atoms with Gasteiger partial charge in [-0.2, -0.15) is 0 Å². The molecule has 0 heterocycles. The Morgan fingerprint density at radius 1 is 1.40 bits per heavy atom. The van der Waals surface area contributed by atoms with E-state index in [0.717, 1.165) is 0 Å². The third kappa shape index (κ3) is 234000. The van der Waals surface area contributed by atoms with Crippen LogP contribution in [-0.4, -0.2) is 0 Å². The Labute approximate surface area is 42.6 Å². The molecular formula is C3H4MoO. The Morgan fingerprint density at radius 3 is 1.40 bits per heavy atom. The molecule has 0 amide bonds. The molecule has 0 aromatic carbocycles. The van der Waals surface area contributed by atoms with Gasteiger partial charge in [-0.1, -0.05) is 13.2 Å². The van der Waals surface area contributed by atoms with Crippen molar-refractivity contribution in [2.45, 2.75) is 0 Å². The van der Waals surface area contributed by atoms with E-state index in [-0.39, 0.29) is 0 Å². The van der Waals surface area contributed by atoms with Crippen LogP contribution in [0, 0.1) is 0 Å². The summed E-state index contributed by atoms with van der Waals surface area (Å²) in [6, 6.07) is 0. The fourth-order valence-electron chi connectivity index (χ4n) is 0. The van der Waals surface area contributed by atoms with Gasteiger partial charge < -0.3 is 0 Å². The first-order valence-corrected chi connectivity index (χ1v) is 1.69. The van der Waals surface area contributed by atoms with Crippen LogP contribution in [0.1, 0.15) is 0 Å². The maximum absolute atomic E-state index is 8.26. The van der Waals surface area contributed by atoms with Crippen molar-refractivity contribution in [3.05, 3.63) is 18.9 Å². The zero-order valence-corrected chi connectivity index (χ0v) is 4.74. The van der Waals surface area contributed by atoms with E-state index in [9.17, 15) is 0 Å². The number of rotatable bonds is 0. The van der Waals surface area contributed by atoms with Crippen LogP contribution in [0.5, 0.6) is 0 Å². The van der Waals surface area contributed by atoms with Crippen molar-refractivity contribution in [3.8, 4) is 0 Å². The molecule has 0 N–H and O–H groups in total. The van der Waals surface area contributed by atoms with Gasteiger partial charge in [0.1, 0.15) is 0 Å². The van der Waals surface area contributed by atoms with Gasteiger partial charge in [0.25, 0.3) is 0 Å². The molecule has 0 atom stereocenters. The zero-order chi connectivity index (χ0) is 4.71. The fourth-order valence-corrected chi connectivity index (χ4v) is 0. The summed E-state index contributed by atoms with van der Waals surface area (Å²) in [5.41, 5.74) is 2.25. The van der Waals surface area contributed by atoms with Gasteiger partial charge in [-0.15, -0.1) is 5.73 Å². The van der Waals surface area contributed by atoms with E-state index in [1.165, 1.54) is 0 Å². The van der Waals surface area contributed by atoms with Crippen LogP contribution in [0.2, 0.25) is 0 Å². The normalized spacial score (nSPS) is 2.40. The molecule has 2 heteroatoms. The van der Waals surface area contributed by atoms with E-state index in [0.29, 0.717) is 19.8 Å². The molecule has 0 rings (SSSR count). The Kier molecular flexibility index (Phi) is 63.4. The van der Waals surface area contributed by atoms with E-state index in [1.54, 1.807) is 0 Å². The molecule has 0 aliphatic rings. The van der Waals surface area contributed by atoms with E-state index >= 15 is 0 Å². The van der Waals surface area contributed by atoms with Gasteiger partial charge in [-0.25, -0.2) is 0 Å². The van der Waals surface area contributed by atoms with Crippen molar-refractivity contribution in [3.63, 3.8) is 0 Å². The molecule has 0 aliphatic carbocycles. The van der Waals surface area contributed by atoms with Crippen molar-refractivity contribution in [1.29, 1.82) is 0 Å². The third-order valence-corrected chi connectivity index (χ3v) is 0. The second kappa shape index (κ2) is 35.7. The summed E-state index contributed by atoms with van der Waals surface area (Å²) in [6.45, 7) is 6.25. The molecule has 0 fully saturated rings. The molecule has 28 valence electrons. The quantitative estimate of drug-likeness (QED) is 0.371. The van der Waals surface area contributed by atoms with Gasteiger partial charge in [0.2, 0.25) is 0 Å². The van der Waals surface area contributed by atoms with Crippen LogP contribution < -0.4 is 0 Å². The fraction of sp³-hybridized carbons (Fsp3) is 0. The average Bonchev–Trinajstić information content (AvgIpc) is 1.46. The molecule has 0 saturated heterocycles. The molecule has 0 aliphatic heterocycles. The molecule has 5 heavy (non-hydrogen) atoms. The first-order valence-electron chi connectivity index (χ1n) is 0.874. The van der Waals surface area contributed by atoms with Crippen molar-refractivity contribution in [2.24, 2.45) is 0 Å². The first-order chi connectivity index (χ1) is 2.41. The number of hydrogen-bond acceptors (Lipinski definition) is 1. The zero-order valence-electron chi connectivity index (χ0n) is 2.73. The minimum atomic E-state index is 0.700. The molecule has 0 aromatic heterocycles. The Balaban J connectivity index is 0. The SMILES string of the molecule is C=C=C.[O]=[Mo]. The van der Waals surface area contributed by atoms with Gasteiger partial charge in [0, 0.05) is 0 Å². The molecule has 0 radical (unpaired) electrons. The van der Waals surface area contributed by atoms with Gasteiger partial charge in [0.15, 0.2) is 0 Å². The average molecular weight is 152 g/mol. The van der Waals surface area contributed by atoms with Crippen LogP contribution in [0.4, 0.5) is 0 Å². The third-order valence-electron chi connectivity index (χ3n) is 0. The van der Waals surface area contributed by atoms with Crippen molar-refractivity contribution in [1.82, 2.24) is 0 Å². The number of hydrogen-bond donors (Lipinski definition) is 0. The standard InChI is InChI=1S/C3H4.Mo.O/c1-3-2;;/h1-2H2;;. The summed E-state index contributed by atoms with van der Waals surface area (Å²) in [4.78, 5) is 0. The summed E-state index contributed by atoms with van der Waals surface area (Å²) in [6.07, 6.45) is 0. The molecule has 0 bridgehead atoms. The molecule has 0 unspecified atom stereocenters. The Bertz CT molecular complexity index is 36.2. The minimum absolute atomic E-state index is 0.700. The van der Waals surface area contributed by atoms with E-state index in [2.05, 4.69) is 18.9 Å². The molecule has 0 spiro atoms. The summed E-state index contributed by atoms with van der Waals surface area (Å²) >= 11 is 0.700. The molecule has 0 saturated carbocycles. The topological polar surface area (TPSA) is 17.1 Å². The second-order valence-corrected chi connectivity index (χ2v) is 0.250. The Morgan fingerprint density at radius 2 is 1.40 bits per heavy atom. The van der Waals surface area contributed by atoms with E-state index in [1.807, 2.05) is 0 Å². The van der Waals surface area contributed by atoms with Gasteiger partial charge >= 0.3 is 23.2 Å². The Hall–Kier alpha value is 0.00831. The maximum atomic E-state index is 8.26. The first kappa shape index (κ1) is 8.89. The molecule has 1 nitrogen and oxygen atoms in total. The van der Waals surface area contributed by atoms with Crippen molar-refractivity contribution in [2.75, 3.05) is 0 Å². The van der Waals surface area contributed by atoms with E-state index < -0.39 is 0 Å². The van der Waals surface area contributed by atoms with Crippen molar-refractivity contribution >= 4 is 0 Å². The van der Waals surface area contributed by atoms with Crippen LogP contribution in [-0.2, 0) is 23.2 Å². The van der Waals surface area contributed by atoms with Crippen LogP contribution in [0.3, 0.4) is 0 Å². The second-order valence-electron chi connectivity index (χ2n) is 0.250.